The summed E-state index contributed by atoms with van der Waals surface area (Å²) < 4.78 is 0. The van der Waals surface area contributed by atoms with E-state index in [0.29, 0.717) is 5.56 Å². The molecule has 0 amide bonds. The van der Waals surface area contributed by atoms with Crippen molar-refractivity contribution < 1.29 is 0 Å². The molecule has 0 saturated carbocycles. The van der Waals surface area contributed by atoms with Crippen LogP contribution in [0.3, 0.4) is 0 Å². The number of benzene rings is 1. The van der Waals surface area contributed by atoms with Crippen LogP contribution in [0.1, 0.15) is 23.6 Å². The smallest absolute Gasteiger partial charge is 0.138 e. The highest BCUT2D eigenvalue weighted by atomic mass is 14.8. The van der Waals surface area contributed by atoms with Gasteiger partial charge in [0.05, 0.1) is 11.6 Å². The van der Waals surface area contributed by atoms with Crippen molar-refractivity contribution in [1.82, 2.24) is 9.97 Å². The normalized spacial score (nSPS) is 10.9. The van der Waals surface area contributed by atoms with Gasteiger partial charge in [0, 0.05) is 22.5 Å². The van der Waals surface area contributed by atoms with E-state index in [1.807, 2.05) is 25.3 Å². The lowest BCUT2D eigenvalue weighted by Crippen LogP contribution is -1.85. The number of aromatic amines is 1. The van der Waals surface area contributed by atoms with Crippen molar-refractivity contribution in [2.45, 2.75) is 20.3 Å². The Kier molecular flexibility index (Phi) is 2.31. The van der Waals surface area contributed by atoms with Crippen LogP contribution in [0.4, 0.5) is 0 Å². The third-order valence-corrected chi connectivity index (χ3v) is 3.28. The molecule has 0 unspecified atom stereocenters. The number of nitrogens with one attached hydrogen (secondary N) is 1. The minimum atomic E-state index is 0.697. The molecule has 0 spiro atoms. The third kappa shape index (κ3) is 1.46. The van der Waals surface area contributed by atoms with Gasteiger partial charge in [-0.3, -0.25) is 0 Å². The first-order valence-corrected chi connectivity index (χ1v) is 6.04. The summed E-state index contributed by atoms with van der Waals surface area (Å²) in [6.45, 7) is 4.15. The Balaban J connectivity index is 2.52. The molecule has 3 rings (SSSR count). The van der Waals surface area contributed by atoms with E-state index < -0.39 is 0 Å². The van der Waals surface area contributed by atoms with E-state index in [2.05, 4.69) is 29.0 Å². The SMILES string of the molecule is CCc1cc(C#N)cc2[nH]c3ncc(C)cc3c12. The zero-order valence-corrected chi connectivity index (χ0v) is 10.4. The van der Waals surface area contributed by atoms with Gasteiger partial charge in [-0.15, -0.1) is 0 Å². The third-order valence-electron chi connectivity index (χ3n) is 3.28. The second-order valence-electron chi connectivity index (χ2n) is 4.56. The van der Waals surface area contributed by atoms with Crippen molar-refractivity contribution in [3.05, 3.63) is 41.1 Å². The Hall–Kier alpha value is -2.34. The Labute approximate surface area is 105 Å². The molecule has 3 nitrogen and oxygen atoms in total. The molecule has 0 radical (unpaired) electrons. The molecule has 0 aliphatic carbocycles. The summed E-state index contributed by atoms with van der Waals surface area (Å²) in [5.74, 6) is 0. The van der Waals surface area contributed by atoms with E-state index >= 15 is 0 Å². The Morgan fingerprint density at radius 3 is 2.89 bits per heavy atom. The van der Waals surface area contributed by atoms with Crippen LogP contribution >= 0.6 is 0 Å². The Morgan fingerprint density at radius 2 is 2.17 bits per heavy atom. The second kappa shape index (κ2) is 3.85. The van der Waals surface area contributed by atoms with E-state index in [4.69, 9.17) is 5.26 Å². The number of aromatic nitrogens is 2. The van der Waals surface area contributed by atoms with Gasteiger partial charge < -0.3 is 4.98 Å². The van der Waals surface area contributed by atoms with Crippen molar-refractivity contribution in [1.29, 1.82) is 5.26 Å². The fourth-order valence-electron chi connectivity index (χ4n) is 2.45. The number of hydrogen-bond donors (Lipinski definition) is 1. The summed E-state index contributed by atoms with van der Waals surface area (Å²) >= 11 is 0. The molecule has 3 aromatic rings. The number of fused-ring (bicyclic) bond motifs is 3. The summed E-state index contributed by atoms with van der Waals surface area (Å²) in [4.78, 5) is 7.70. The van der Waals surface area contributed by atoms with Crippen LogP contribution in [0.2, 0.25) is 0 Å². The largest absolute Gasteiger partial charge is 0.339 e. The van der Waals surface area contributed by atoms with Gasteiger partial charge in [-0.25, -0.2) is 4.98 Å². The van der Waals surface area contributed by atoms with Gasteiger partial charge in [-0.05, 0) is 42.7 Å². The van der Waals surface area contributed by atoms with Gasteiger partial charge in [0.25, 0.3) is 0 Å². The molecule has 88 valence electrons. The van der Waals surface area contributed by atoms with Gasteiger partial charge in [-0.2, -0.15) is 5.26 Å². The molecular formula is C15H13N3. The summed E-state index contributed by atoms with van der Waals surface area (Å²) in [5.41, 5.74) is 4.93. The summed E-state index contributed by atoms with van der Waals surface area (Å²) in [6.07, 6.45) is 2.77. The summed E-state index contributed by atoms with van der Waals surface area (Å²) in [7, 11) is 0. The zero-order chi connectivity index (χ0) is 12.7. The van der Waals surface area contributed by atoms with E-state index in [9.17, 15) is 0 Å². The molecule has 1 aromatic carbocycles. The standard InChI is InChI=1S/C15H13N3/c1-3-11-5-10(7-16)6-13-14(11)12-4-9(2)8-17-15(12)18-13/h4-6,8H,3H2,1-2H3,(H,17,18). The number of nitrogens with zero attached hydrogens (tertiary/aromatic N) is 2. The predicted octanol–water partition coefficient (Wildman–Crippen LogP) is 3.46. The van der Waals surface area contributed by atoms with Gasteiger partial charge in [-0.1, -0.05) is 6.92 Å². The molecule has 3 heteroatoms. The van der Waals surface area contributed by atoms with Crippen LogP contribution in [0.15, 0.2) is 24.4 Å². The van der Waals surface area contributed by atoms with Crippen LogP contribution in [0.5, 0.6) is 0 Å². The van der Waals surface area contributed by atoms with E-state index in [0.717, 1.165) is 28.5 Å². The van der Waals surface area contributed by atoms with Crippen molar-refractivity contribution in [2.75, 3.05) is 0 Å². The van der Waals surface area contributed by atoms with Crippen molar-refractivity contribution in [3.8, 4) is 6.07 Å². The van der Waals surface area contributed by atoms with Crippen LogP contribution in [-0.2, 0) is 6.42 Å². The maximum Gasteiger partial charge on any atom is 0.138 e. The minimum Gasteiger partial charge on any atom is -0.339 e. The molecule has 2 heterocycles. The van der Waals surface area contributed by atoms with Gasteiger partial charge in [0.15, 0.2) is 0 Å². The van der Waals surface area contributed by atoms with Crippen LogP contribution in [0.25, 0.3) is 21.9 Å². The molecule has 18 heavy (non-hydrogen) atoms. The first kappa shape index (κ1) is 10.8. The molecular weight excluding hydrogens is 222 g/mol. The number of rotatable bonds is 1. The molecule has 0 aliphatic heterocycles. The van der Waals surface area contributed by atoms with E-state index in [-0.39, 0.29) is 0 Å². The molecule has 0 fully saturated rings. The highest BCUT2D eigenvalue weighted by Gasteiger charge is 2.10. The van der Waals surface area contributed by atoms with Crippen molar-refractivity contribution in [2.24, 2.45) is 0 Å². The van der Waals surface area contributed by atoms with Crippen LogP contribution in [-0.4, -0.2) is 9.97 Å². The minimum absolute atomic E-state index is 0.697. The van der Waals surface area contributed by atoms with Crippen molar-refractivity contribution in [3.63, 3.8) is 0 Å². The monoisotopic (exact) mass is 235 g/mol. The van der Waals surface area contributed by atoms with E-state index in [1.54, 1.807) is 0 Å². The van der Waals surface area contributed by atoms with Crippen molar-refractivity contribution >= 4 is 21.9 Å². The maximum absolute atomic E-state index is 9.06. The number of aryl methyl sites for hydroxylation is 2. The van der Waals surface area contributed by atoms with Crippen LogP contribution < -0.4 is 0 Å². The Bertz CT molecular complexity index is 791. The molecule has 0 atom stereocenters. The fourth-order valence-corrected chi connectivity index (χ4v) is 2.45. The lowest BCUT2D eigenvalue weighted by Gasteiger charge is -2.01. The maximum atomic E-state index is 9.06. The van der Waals surface area contributed by atoms with Gasteiger partial charge >= 0.3 is 0 Å². The van der Waals surface area contributed by atoms with Gasteiger partial charge in [0.1, 0.15) is 5.65 Å². The first-order valence-electron chi connectivity index (χ1n) is 6.04. The molecule has 1 N–H and O–H groups in total. The number of pyridine rings is 1. The lowest BCUT2D eigenvalue weighted by atomic mass is 10.0. The topological polar surface area (TPSA) is 52.5 Å². The average Bonchev–Trinajstić information content (AvgIpc) is 2.75. The highest BCUT2D eigenvalue weighted by molar-refractivity contribution is 6.08. The van der Waals surface area contributed by atoms with E-state index in [1.165, 1.54) is 10.9 Å². The molecule has 2 aromatic heterocycles. The fraction of sp³-hybridized carbons (Fsp3) is 0.200. The molecule has 0 aliphatic rings. The number of nitriles is 1. The van der Waals surface area contributed by atoms with Gasteiger partial charge in [0.2, 0.25) is 0 Å². The van der Waals surface area contributed by atoms with Crippen LogP contribution in [0, 0.1) is 18.3 Å². The Morgan fingerprint density at radius 1 is 1.33 bits per heavy atom. The zero-order valence-electron chi connectivity index (χ0n) is 10.4. The average molecular weight is 235 g/mol. The summed E-state index contributed by atoms with van der Waals surface area (Å²) in [6, 6.07) is 8.22. The summed E-state index contributed by atoms with van der Waals surface area (Å²) in [5, 5.41) is 11.4. The predicted molar refractivity (Wildman–Crippen MR) is 72.4 cm³/mol. The second-order valence-corrected chi connectivity index (χ2v) is 4.56. The molecule has 0 bridgehead atoms. The first-order chi connectivity index (χ1) is 8.72. The lowest BCUT2D eigenvalue weighted by molar-refractivity contribution is 1.16. The quantitative estimate of drug-likeness (QED) is 0.702. The highest BCUT2D eigenvalue weighted by Crippen LogP contribution is 2.29. The number of H-pyrrole nitrogens is 1. The molecule has 0 saturated heterocycles. The number of hydrogen-bond acceptors (Lipinski definition) is 2.